The van der Waals surface area contributed by atoms with Gasteiger partial charge in [-0.15, -0.1) is 0 Å². The van der Waals surface area contributed by atoms with Gasteiger partial charge in [0.2, 0.25) is 0 Å². The topological polar surface area (TPSA) is 105 Å². The second-order valence-corrected chi connectivity index (χ2v) is 7.96. The highest BCUT2D eigenvalue weighted by atomic mass is 32.2. The smallest absolute Gasteiger partial charge is 0.263 e. The van der Waals surface area contributed by atoms with Crippen molar-refractivity contribution in [2.45, 2.75) is 17.4 Å². The van der Waals surface area contributed by atoms with E-state index in [0.29, 0.717) is 12.7 Å². The number of sulfonamides is 1. The first-order valence-corrected chi connectivity index (χ1v) is 10.3. The first kappa shape index (κ1) is 20.2. The van der Waals surface area contributed by atoms with Crippen LogP contribution < -0.4 is 10.0 Å². The number of hydrogen-bond acceptors (Lipinski definition) is 5. The Morgan fingerprint density at radius 3 is 2.52 bits per heavy atom. The molecule has 1 atom stereocenters. The van der Waals surface area contributed by atoms with Crippen LogP contribution in [0, 0.1) is 0 Å². The van der Waals surface area contributed by atoms with Crippen molar-refractivity contribution in [3.05, 3.63) is 90.3 Å². The molecule has 0 aliphatic carbocycles. The van der Waals surface area contributed by atoms with Gasteiger partial charge in [0.25, 0.3) is 15.9 Å². The van der Waals surface area contributed by atoms with Gasteiger partial charge in [0.1, 0.15) is 11.2 Å². The van der Waals surface area contributed by atoms with Crippen molar-refractivity contribution in [3.8, 4) is 0 Å². The van der Waals surface area contributed by atoms with Crippen LogP contribution >= 0.6 is 0 Å². The zero-order valence-electron chi connectivity index (χ0n) is 15.4. The molecule has 0 bridgehead atoms. The number of aromatic nitrogens is 1. The minimum atomic E-state index is -3.82. The maximum absolute atomic E-state index is 12.5. The number of benzene rings is 2. The summed E-state index contributed by atoms with van der Waals surface area (Å²) in [5, 5.41) is 2.66. The number of aldehydes is 1. The Morgan fingerprint density at radius 1 is 1.03 bits per heavy atom. The third-order valence-electron chi connectivity index (χ3n) is 4.10. The van der Waals surface area contributed by atoms with Crippen LogP contribution in [0.2, 0.25) is 0 Å². The second kappa shape index (κ2) is 9.11. The Bertz CT molecular complexity index is 1090. The lowest BCUT2D eigenvalue weighted by Gasteiger charge is -2.14. The molecule has 0 unspecified atom stereocenters. The van der Waals surface area contributed by atoms with Crippen molar-refractivity contribution in [3.63, 3.8) is 0 Å². The molecule has 0 aliphatic rings. The summed E-state index contributed by atoms with van der Waals surface area (Å²) < 4.78 is 27.2. The van der Waals surface area contributed by atoms with E-state index in [2.05, 4.69) is 15.0 Å². The minimum Gasteiger partial charge on any atom is -0.342 e. The number of pyridine rings is 1. The normalized spacial score (nSPS) is 12.0. The second-order valence-electron chi connectivity index (χ2n) is 6.28. The fourth-order valence-corrected chi connectivity index (χ4v) is 3.71. The van der Waals surface area contributed by atoms with Gasteiger partial charge in [-0.1, -0.05) is 36.4 Å². The average Bonchev–Trinajstić information content (AvgIpc) is 2.74. The maximum atomic E-state index is 12.5. The first-order valence-electron chi connectivity index (χ1n) is 8.81. The number of hydrogen-bond donors (Lipinski definition) is 2. The monoisotopic (exact) mass is 409 g/mol. The molecule has 0 aliphatic heterocycles. The van der Waals surface area contributed by atoms with Crippen LogP contribution in [0.3, 0.4) is 0 Å². The van der Waals surface area contributed by atoms with E-state index in [1.54, 1.807) is 12.1 Å². The number of anilines is 1. The number of nitrogens with zero attached hydrogens (tertiary/aromatic N) is 1. The van der Waals surface area contributed by atoms with E-state index in [1.807, 2.05) is 30.3 Å². The Kier molecular flexibility index (Phi) is 6.36. The van der Waals surface area contributed by atoms with E-state index in [9.17, 15) is 18.0 Å². The van der Waals surface area contributed by atoms with Gasteiger partial charge in [0.05, 0.1) is 6.04 Å². The van der Waals surface area contributed by atoms with Crippen molar-refractivity contribution in [1.82, 2.24) is 10.3 Å². The minimum absolute atomic E-state index is 0.0127. The molecule has 8 heteroatoms. The molecule has 2 N–H and O–H groups in total. The van der Waals surface area contributed by atoms with Crippen molar-refractivity contribution < 1.29 is 18.0 Å². The van der Waals surface area contributed by atoms with Crippen molar-refractivity contribution in [2.24, 2.45) is 0 Å². The molecule has 0 radical (unpaired) electrons. The standard InChI is InChI=1S/C21H19N3O4S/c25-15-19(12-16-6-2-1-3-7-16)23-21(26)17-8-4-9-18(13-17)24-29(27,28)20-10-5-11-22-14-20/h1-11,13-15,19,24H,12H2,(H,23,26)/t19-/m0/s1. The molecular weight excluding hydrogens is 390 g/mol. The summed E-state index contributed by atoms with van der Waals surface area (Å²) in [5.41, 5.74) is 1.38. The largest absolute Gasteiger partial charge is 0.342 e. The highest BCUT2D eigenvalue weighted by Crippen LogP contribution is 2.17. The molecule has 0 saturated heterocycles. The van der Waals surface area contributed by atoms with E-state index in [0.717, 1.165) is 5.56 Å². The summed E-state index contributed by atoms with van der Waals surface area (Å²) in [6, 6.07) is 17.6. The summed E-state index contributed by atoms with van der Waals surface area (Å²) in [7, 11) is -3.82. The number of rotatable bonds is 8. The third kappa shape index (κ3) is 5.49. The van der Waals surface area contributed by atoms with Crippen LogP contribution in [-0.2, 0) is 21.2 Å². The lowest BCUT2D eigenvalue weighted by atomic mass is 10.1. The van der Waals surface area contributed by atoms with E-state index in [1.165, 1.54) is 36.7 Å². The third-order valence-corrected chi connectivity index (χ3v) is 5.47. The van der Waals surface area contributed by atoms with Gasteiger partial charge in [0, 0.05) is 23.6 Å². The zero-order chi connectivity index (χ0) is 20.7. The first-order chi connectivity index (χ1) is 14.0. The highest BCUT2D eigenvalue weighted by Gasteiger charge is 2.17. The molecule has 0 fully saturated rings. The van der Waals surface area contributed by atoms with Gasteiger partial charge in [-0.2, -0.15) is 0 Å². The molecule has 1 amide bonds. The highest BCUT2D eigenvalue weighted by molar-refractivity contribution is 7.92. The number of nitrogens with one attached hydrogen (secondary N) is 2. The van der Waals surface area contributed by atoms with Gasteiger partial charge < -0.3 is 10.1 Å². The Morgan fingerprint density at radius 2 is 1.83 bits per heavy atom. The van der Waals surface area contributed by atoms with Crippen molar-refractivity contribution >= 4 is 27.9 Å². The number of amides is 1. The van der Waals surface area contributed by atoms with E-state index < -0.39 is 22.0 Å². The summed E-state index contributed by atoms with van der Waals surface area (Å²) >= 11 is 0. The van der Waals surface area contributed by atoms with Gasteiger partial charge in [-0.3, -0.25) is 14.5 Å². The lowest BCUT2D eigenvalue weighted by Crippen LogP contribution is -2.37. The van der Waals surface area contributed by atoms with Crippen LogP contribution in [0.25, 0.3) is 0 Å². The zero-order valence-corrected chi connectivity index (χ0v) is 16.2. The molecule has 29 heavy (non-hydrogen) atoms. The average molecular weight is 409 g/mol. The molecular formula is C21H19N3O4S. The van der Waals surface area contributed by atoms with Crippen molar-refractivity contribution in [2.75, 3.05) is 4.72 Å². The van der Waals surface area contributed by atoms with Gasteiger partial charge in [0.15, 0.2) is 0 Å². The van der Waals surface area contributed by atoms with E-state index in [4.69, 9.17) is 0 Å². The molecule has 148 valence electrons. The Labute approximate surface area is 168 Å². The lowest BCUT2D eigenvalue weighted by molar-refractivity contribution is -0.109. The molecule has 1 heterocycles. The Hall–Kier alpha value is -3.52. The van der Waals surface area contributed by atoms with Gasteiger partial charge >= 0.3 is 0 Å². The quantitative estimate of drug-likeness (QED) is 0.556. The van der Waals surface area contributed by atoms with E-state index >= 15 is 0 Å². The maximum Gasteiger partial charge on any atom is 0.263 e. The molecule has 7 nitrogen and oxygen atoms in total. The fourth-order valence-electron chi connectivity index (χ4n) is 2.70. The summed E-state index contributed by atoms with van der Waals surface area (Å²) in [5.74, 6) is -0.472. The molecule has 1 aromatic heterocycles. The van der Waals surface area contributed by atoms with Crippen LogP contribution in [0.1, 0.15) is 15.9 Å². The predicted molar refractivity (Wildman–Crippen MR) is 109 cm³/mol. The summed E-state index contributed by atoms with van der Waals surface area (Å²) in [6.07, 6.45) is 3.75. The number of carbonyl (C=O) groups is 2. The fraction of sp³-hybridized carbons (Fsp3) is 0.0952. The molecule has 0 saturated carbocycles. The van der Waals surface area contributed by atoms with Crippen LogP contribution in [-0.4, -0.2) is 31.6 Å². The van der Waals surface area contributed by atoms with Crippen LogP contribution in [0.4, 0.5) is 5.69 Å². The molecule has 3 rings (SSSR count). The predicted octanol–water partition coefficient (Wildman–Crippen LogP) is 2.42. The molecule has 3 aromatic rings. The molecule has 2 aromatic carbocycles. The SMILES string of the molecule is O=C[C@H](Cc1ccccc1)NC(=O)c1cccc(NS(=O)(=O)c2cccnc2)c1. The summed E-state index contributed by atoms with van der Waals surface area (Å²) in [4.78, 5) is 27.7. The molecule has 0 spiro atoms. The van der Waals surface area contributed by atoms with Crippen LogP contribution in [0.15, 0.2) is 84.0 Å². The van der Waals surface area contributed by atoms with E-state index in [-0.39, 0.29) is 16.1 Å². The van der Waals surface area contributed by atoms with Crippen molar-refractivity contribution in [1.29, 1.82) is 0 Å². The van der Waals surface area contributed by atoms with Gasteiger partial charge in [-0.05, 0) is 42.3 Å². The number of carbonyl (C=O) groups excluding carboxylic acids is 2. The Balaban J connectivity index is 1.71. The van der Waals surface area contributed by atoms with Crippen LogP contribution in [0.5, 0.6) is 0 Å². The summed E-state index contributed by atoms with van der Waals surface area (Å²) in [6.45, 7) is 0. The van der Waals surface area contributed by atoms with Gasteiger partial charge in [-0.25, -0.2) is 8.42 Å².